The van der Waals surface area contributed by atoms with Crippen molar-refractivity contribution in [2.75, 3.05) is 7.05 Å². The maximum absolute atomic E-state index is 12.5. The Morgan fingerprint density at radius 2 is 1.75 bits per heavy atom. The zero-order valence-corrected chi connectivity index (χ0v) is 11.5. The van der Waals surface area contributed by atoms with Crippen molar-refractivity contribution in [3.8, 4) is 0 Å². The molecule has 106 valence electrons. The first-order valence-electron chi connectivity index (χ1n) is 7.05. The number of amides is 1. The van der Waals surface area contributed by atoms with Gasteiger partial charge in [-0.25, -0.2) is 9.78 Å². The van der Waals surface area contributed by atoms with Crippen LogP contribution in [0.1, 0.15) is 46.7 Å². The van der Waals surface area contributed by atoms with E-state index in [2.05, 4.69) is 4.98 Å². The van der Waals surface area contributed by atoms with Crippen LogP contribution in [0.2, 0.25) is 0 Å². The second-order valence-electron chi connectivity index (χ2n) is 5.79. The molecule has 2 aliphatic rings. The first-order valence-corrected chi connectivity index (χ1v) is 7.05. The lowest BCUT2D eigenvalue weighted by Gasteiger charge is -2.28. The van der Waals surface area contributed by atoms with Gasteiger partial charge in [0.05, 0.1) is 0 Å². The van der Waals surface area contributed by atoms with Crippen molar-refractivity contribution < 1.29 is 14.7 Å². The van der Waals surface area contributed by atoms with Gasteiger partial charge in [0, 0.05) is 13.1 Å². The minimum atomic E-state index is -1.11. The summed E-state index contributed by atoms with van der Waals surface area (Å²) in [5.74, 6) is -0.0293. The number of carbonyl (C=O) groups is 2. The van der Waals surface area contributed by atoms with Gasteiger partial charge in [0.2, 0.25) is 0 Å². The number of pyridine rings is 1. The molecule has 1 heterocycles. The maximum atomic E-state index is 12.5. The number of hydrogen-bond acceptors (Lipinski definition) is 3. The largest absolute Gasteiger partial charge is 0.477 e. The summed E-state index contributed by atoms with van der Waals surface area (Å²) in [7, 11) is 1.82. The summed E-state index contributed by atoms with van der Waals surface area (Å²) in [6.07, 6.45) is 4.78. The van der Waals surface area contributed by atoms with Crippen LogP contribution in [0.3, 0.4) is 0 Å². The van der Waals surface area contributed by atoms with E-state index in [9.17, 15) is 9.59 Å². The Bertz CT molecular complexity index is 538. The third kappa shape index (κ3) is 2.53. The van der Waals surface area contributed by atoms with Crippen molar-refractivity contribution in [1.29, 1.82) is 0 Å². The Labute approximate surface area is 117 Å². The Balaban J connectivity index is 1.80. The zero-order chi connectivity index (χ0) is 14.3. The van der Waals surface area contributed by atoms with Crippen LogP contribution in [0.25, 0.3) is 0 Å². The van der Waals surface area contributed by atoms with Gasteiger partial charge >= 0.3 is 5.97 Å². The van der Waals surface area contributed by atoms with Crippen LogP contribution in [0.15, 0.2) is 18.2 Å². The highest BCUT2D eigenvalue weighted by molar-refractivity contribution is 5.94. The molecule has 1 aromatic heterocycles. The lowest BCUT2D eigenvalue weighted by atomic mass is 10.1. The fourth-order valence-corrected chi connectivity index (χ4v) is 2.88. The minimum absolute atomic E-state index is 0.0846. The van der Waals surface area contributed by atoms with Crippen LogP contribution in [-0.2, 0) is 0 Å². The molecule has 0 aromatic carbocycles. The summed E-state index contributed by atoms with van der Waals surface area (Å²) < 4.78 is 0. The molecule has 0 unspecified atom stereocenters. The van der Waals surface area contributed by atoms with Gasteiger partial charge in [0.15, 0.2) is 0 Å². The number of nitrogens with zero attached hydrogens (tertiary/aromatic N) is 2. The Morgan fingerprint density at radius 3 is 2.25 bits per heavy atom. The van der Waals surface area contributed by atoms with Crippen LogP contribution in [0, 0.1) is 11.8 Å². The number of carboxylic acid groups (broad SMARTS) is 1. The summed E-state index contributed by atoms with van der Waals surface area (Å²) >= 11 is 0. The molecule has 5 heteroatoms. The van der Waals surface area contributed by atoms with E-state index in [-0.39, 0.29) is 17.3 Å². The van der Waals surface area contributed by atoms with E-state index >= 15 is 0 Å². The van der Waals surface area contributed by atoms with E-state index in [1.54, 1.807) is 17.0 Å². The quantitative estimate of drug-likeness (QED) is 0.892. The van der Waals surface area contributed by atoms with E-state index in [0.29, 0.717) is 17.9 Å². The third-order valence-electron chi connectivity index (χ3n) is 4.16. The zero-order valence-electron chi connectivity index (χ0n) is 11.5. The van der Waals surface area contributed by atoms with Crippen molar-refractivity contribution in [2.24, 2.45) is 11.8 Å². The summed E-state index contributed by atoms with van der Waals surface area (Å²) in [5.41, 5.74) is 0.136. The molecule has 0 aliphatic heterocycles. The van der Waals surface area contributed by atoms with Gasteiger partial charge in [-0.15, -0.1) is 0 Å². The van der Waals surface area contributed by atoms with Crippen LogP contribution in [-0.4, -0.2) is 40.0 Å². The van der Waals surface area contributed by atoms with Crippen LogP contribution < -0.4 is 0 Å². The molecular weight excluding hydrogens is 256 g/mol. The molecule has 0 radical (unpaired) electrons. The molecule has 2 saturated carbocycles. The number of rotatable bonds is 5. The number of aromatic nitrogens is 1. The highest BCUT2D eigenvalue weighted by Crippen LogP contribution is 2.47. The molecule has 0 atom stereocenters. The molecule has 0 bridgehead atoms. The smallest absolute Gasteiger partial charge is 0.354 e. The third-order valence-corrected chi connectivity index (χ3v) is 4.16. The molecule has 1 amide bonds. The normalized spacial score (nSPS) is 18.1. The number of aromatic carboxylic acids is 1. The molecule has 2 aliphatic carbocycles. The lowest BCUT2D eigenvalue weighted by molar-refractivity contribution is 0.0679. The van der Waals surface area contributed by atoms with E-state index < -0.39 is 5.97 Å². The fraction of sp³-hybridized carbons (Fsp3) is 0.533. The van der Waals surface area contributed by atoms with Gasteiger partial charge in [-0.2, -0.15) is 0 Å². The minimum Gasteiger partial charge on any atom is -0.477 e. The number of hydrogen-bond donors (Lipinski definition) is 1. The molecule has 3 rings (SSSR count). The predicted molar refractivity (Wildman–Crippen MR) is 72.5 cm³/mol. The predicted octanol–water partition coefficient (Wildman–Crippen LogP) is 2.04. The molecule has 5 nitrogen and oxygen atoms in total. The maximum Gasteiger partial charge on any atom is 0.354 e. The summed E-state index contributed by atoms with van der Waals surface area (Å²) in [5, 5.41) is 8.95. The topological polar surface area (TPSA) is 70.5 Å². The van der Waals surface area contributed by atoms with Gasteiger partial charge in [0.25, 0.3) is 5.91 Å². The van der Waals surface area contributed by atoms with Crippen molar-refractivity contribution in [3.05, 3.63) is 29.6 Å². The van der Waals surface area contributed by atoms with E-state index in [1.165, 1.54) is 31.7 Å². The first-order chi connectivity index (χ1) is 9.58. The summed E-state index contributed by atoms with van der Waals surface area (Å²) in [6, 6.07) is 4.86. The Morgan fingerprint density at radius 1 is 1.20 bits per heavy atom. The van der Waals surface area contributed by atoms with Crippen molar-refractivity contribution in [3.63, 3.8) is 0 Å². The monoisotopic (exact) mass is 274 g/mol. The van der Waals surface area contributed by atoms with Crippen molar-refractivity contribution in [1.82, 2.24) is 9.88 Å². The highest BCUT2D eigenvalue weighted by Gasteiger charge is 2.45. The standard InChI is InChI=1S/C15H18N2O3/c1-17(13(9-5-6-9)10-7-8-10)14(18)11-3-2-4-12(16-11)15(19)20/h2-4,9-10,13H,5-8H2,1H3,(H,19,20). The van der Waals surface area contributed by atoms with E-state index in [4.69, 9.17) is 5.11 Å². The molecule has 1 N–H and O–H groups in total. The van der Waals surface area contributed by atoms with Gasteiger partial charge in [-0.1, -0.05) is 6.07 Å². The molecule has 1 aromatic rings. The van der Waals surface area contributed by atoms with Crippen LogP contribution >= 0.6 is 0 Å². The molecule has 2 fully saturated rings. The average Bonchev–Trinajstić information content (AvgIpc) is 3.32. The highest BCUT2D eigenvalue weighted by atomic mass is 16.4. The van der Waals surface area contributed by atoms with Gasteiger partial charge in [-0.3, -0.25) is 4.79 Å². The van der Waals surface area contributed by atoms with Crippen LogP contribution in [0.4, 0.5) is 0 Å². The van der Waals surface area contributed by atoms with E-state index in [0.717, 1.165) is 0 Å². The van der Waals surface area contributed by atoms with E-state index in [1.807, 2.05) is 7.05 Å². The van der Waals surface area contributed by atoms with Crippen molar-refractivity contribution >= 4 is 11.9 Å². The Kier molecular flexibility index (Phi) is 3.20. The molecule has 20 heavy (non-hydrogen) atoms. The van der Waals surface area contributed by atoms with Crippen molar-refractivity contribution in [2.45, 2.75) is 31.7 Å². The van der Waals surface area contributed by atoms with Gasteiger partial charge < -0.3 is 10.0 Å². The number of carboxylic acids is 1. The van der Waals surface area contributed by atoms with Gasteiger partial charge in [-0.05, 0) is 49.7 Å². The average molecular weight is 274 g/mol. The van der Waals surface area contributed by atoms with Gasteiger partial charge in [0.1, 0.15) is 11.4 Å². The molecule has 0 spiro atoms. The summed E-state index contributed by atoms with van der Waals surface area (Å²) in [6.45, 7) is 0. The lowest BCUT2D eigenvalue weighted by Crippen LogP contribution is -2.40. The molecular formula is C15H18N2O3. The fourth-order valence-electron chi connectivity index (χ4n) is 2.88. The summed E-state index contributed by atoms with van der Waals surface area (Å²) in [4.78, 5) is 29.1. The first kappa shape index (κ1) is 13.1. The number of carbonyl (C=O) groups excluding carboxylic acids is 1. The second-order valence-corrected chi connectivity index (χ2v) is 5.79. The van der Waals surface area contributed by atoms with Crippen LogP contribution in [0.5, 0.6) is 0 Å². The molecule has 0 saturated heterocycles. The SMILES string of the molecule is CN(C(=O)c1cccc(C(=O)O)n1)C(C1CC1)C1CC1. The second kappa shape index (κ2) is 4.89. The Hall–Kier alpha value is -1.91.